The van der Waals surface area contributed by atoms with Gasteiger partial charge in [0.05, 0.1) is 11.1 Å². The summed E-state index contributed by atoms with van der Waals surface area (Å²) in [5.41, 5.74) is 1.76. The van der Waals surface area contributed by atoms with Gasteiger partial charge in [0.2, 0.25) is 6.29 Å². The second-order valence-corrected chi connectivity index (χ2v) is 7.42. The summed E-state index contributed by atoms with van der Waals surface area (Å²) >= 11 is 0. The molecule has 3 aromatic rings. The summed E-state index contributed by atoms with van der Waals surface area (Å²) < 4.78 is 10.9. The number of rotatable bonds is 10. The minimum Gasteiger partial charge on any atom is -0.508 e. The highest BCUT2D eigenvalue weighted by atomic mass is 16.7. The molecular weight excluding hydrogens is 408 g/mol. The van der Waals surface area contributed by atoms with Crippen LogP contribution < -0.4 is 0 Å². The lowest BCUT2D eigenvalue weighted by Crippen LogP contribution is -2.25. The molecule has 3 aromatic carbocycles. The SMILES string of the molecule is O=C(OC(CCCCCc1ccccc1)OC(=O)c1ccc(O)cc1)c1ccc(O)cc1. The average Bonchev–Trinajstić information content (AvgIpc) is 2.80. The Morgan fingerprint density at radius 2 is 1.16 bits per heavy atom. The molecule has 0 fully saturated rings. The maximum Gasteiger partial charge on any atom is 0.341 e. The van der Waals surface area contributed by atoms with E-state index in [1.807, 2.05) is 18.2 Å². The lowest BCUT2D eigenvalue weighted by Gasteiger charge is -2.18. The number of aryl methyl sites for hydroxylation is 1. The molecule has 0 aromatic heterocycles. The number of benzene rings is 3. The van der Waals surface area contributed by atoms with Crippen molar-refractivity contribution >= 4 is 11.9 Å². The van der Waals surface area contributed by atoms with Crippen LogP contribution in [0.3, 0.4) is 0 Å². The molecule has 3 rings (SSSR count). The maximum absolute atomic E-state index is 12.5. The second kappa shape index (κ2) is 11.6. The van der Waals surface area contributed by atoms with Gasteiger partial charge in [-0.15, -0.1) is 0 Å². The van der Waals surface area contributed by atoms with Gasteiger partial charge in [0, 0.05) is 6.42 Å². The van der Waals surface area contributed by atoms with Crippen LogP contribution in [0.4, 0.5) is 0 Å². The van der Waals surface area contributed by atoms with Crippen molar-refractivity contribution < 1.29 is 29.3 Å². The molecular formula is C26H26O6. The van der Waals surface area contributed by atoms with Crippen LogP contribution in [0.2, 0.25) is 0 Å². The molecule has 0 aliphatic heterocycles. The summed E-state index contributed by atoms with van der Waals surface area (Å²) in [6, 6.07) is 21.5. The molecule has 0 aliphatic carbocycles. The van der Waals surface area contributed by atoms with E-state index < -0.39 is 18.2 Å². The molecule has 0 heterocycles. The van der Waals surface area contributed by atoms with Gasteiger partial charge in [0.15, 0.2) is 0 Å². The largest absolute Gasteiger partial charge is 0.508 e. The Kier molecular flexibility index (Phi) is 8.26. The van der Waals surface area contributed by atoms with E-state index >= 15 is 0 Å². The van der Waals surface area contributed by atoms with Crippen molar-refractivity contribution in [1.82, 2.24) is 0 Å². The smallest absolute Gasteiger partial charge is 0.341 e. The Bertz CT molecular complexity index is 937. The Balaban J connectivity index is 1.57. The lowest BCUT2D eigenvalue weighted by molar-refractivity contribution is -0.0837. The first kappa shape index (κ1) is 22.9. The first-order valence-electron chi connectivity index (χ1n) is 10.6. The molecule has 2 N–H and O–H groups in total. The van der Waals surface area contributed by atoms with E-state index in [4.69, 9.17) is 9.47 Å². The minimum atomic E-state index is -1.05. The van der Waals surface area contributed by atoms with Crippen molar-refractivity contribution in [1.29, 1.82) is 0 Å². The highest BCUT2D eigenvalue weighted by molar-refractivity contribution is 5.91. The molecule has 166 valence electrons. The van der Waals surface area contributed by atoms with E-state index in [2.05, 4.69) is 12.1 Å². The number of aromatic hydroxyl groups is 2. The number of hydrogen-bond donors (Lipinski definition) is 2. The average molecular weight is 434 g/mol. The quantitative estimate of drug-likeness (QED) is 0.257. The third-order valence-electron chi connectivity index (χ3n) is 4.93. The van der Waals surface area contributed by atoms with Gasteiger partial charge < -0.3 is 19.7 Å². The van der Waals surface area contributed by atoms with E-state index in [0.29, 0.717) is 12.8 Å². The molecule has 6 heteroatoms. The van der Waals surface area contributed by atoms with E-state index in [1.165, 1.54) is 54.1 Å². The molecule has 0 unspecified atom stereocenters. The molecule has 0 spiro atoms. The summed E-state index contributed by atoms with van der Waals surface area (Å²) in [4.78, 5) is 24.9. The summed E-state index contributed by atoms with van der Waals surface area (Å²) in [6.07, 6.45) is 2.83. The van der Waals surface area contributed by atoms with Crippen molar-refractivity contribution in [2.45, 2.75) is 38.4 Å². The highest BCUT2D eigenvalue weighted by Gasteiger charge is 2.21. The van der Waals surface area contributed by atoms with E-state index in [9.17, 15) is 19.8 Å². The van der Waals surface area contributed by atoms with Crippen LogP contribution in [0.5, 0.6) is 11.5 Å². The van der Waals surface area contributed by atoms with Crippen molar-refractivity contribution in [2.75, 3.05) is 0 Å². The van der Waals surface area contributed by atoms with Crippen molar-refractivity contribution in [3.63, 3.8) is 0 Å². The minimum absolute atomic E-state index is 0.0373. The fourth-order valence-electron chi connectivity index (χ4n) is 3.17. The van der Waals surface area contributed by atoms with E-state index in [-0.39, 0.29) is 22.6 Å². The van der Waals surface area contributed by atoms with Crippen LogP contribution in [0, 0.1) is 0 Å². The van der Waals surface area contributed by atoms with Gasteiger partial charge in [-0.25, -0.2) is 9.59 Å². The predicted octanol–water partition coefficient (Wildman–Crippen LogP) is 5.24. The zero-order valence-corrected chi connectivity index (χ0v) is 17.6. The number of ether oxygens (including phenoxy) is 2. The molecule has 0 aliphatic rings. The first-order chi connectivity index (χ1) is 15.5. The Morgan fingerprint density at radius 1 is 0.656 bits per heavy atom. The van der Waals surface area contributed by atoms with E-state index in [0.717, 1.165) is 19.3 Å². The number of carbonyl (C=O) groups is 2. The Labute approximate surface area is 187 Å². The van der Waals surface area contributed by atoms with Gasteiger partial charge in [0.25, 0.3) is 0 Å². The number of carbonyl (C=O) groups excluding carboxylic acids is 2. The molecule has 0 radical (unpaired) electrons. The molecule has 6 nitrogen and oxygen atoms in total. The summed E-state index contributed by atoms with van der Waals surface area (Å²) in [5, 5.41) is 18.8. The topological polar surface area (TPSA) is 93.1 Å². The fourth-order valence-corrected chi connectivity index (χ4v) is 3.17. The monoisotopic (exact) mass is 434 g/mol. The molecule has 32 heavy (non-hydrogen) atoms. The summed E-state index contributed by atoms with van der Waals surface area (Å²) in [6.45, 7) is 0. The van der Waals surface area contributed by atoms with Crippen molar-refractivity contribution in [2.24, 2.45) is 0 Å². The van der Waals surface area contributed by atoms with Gasteiger partial charge in [-0.2, -0.15) is 0 Å². The second-order valence-electron chi connectivity index (χ2n) is 7.42. The van der Waals surface area contributed by atoms with Gasteiger partial charge in [-0.3, -0.25) is 0 Å². The van der Waals surface area contributed by atoms with Crippen LogP contribution in [-0.4, -0.2) is 28.4 Å². The van der Waals surface area contributed by atoms with Crippen LogP contribution in [-0.2, 0) is 15.9 Å². The van der Waals surface area contributed by atoms with Gasteiger partial charge in [-0.1, -0.05) is 36.8 Å². The lowest BCUT2D eigenvalue weighted by atomic mass is 10.1. The summed E-state index contributed by atoms with van der Waals surface area (Å²) in [7, 11) is 0. The number of hydrogen-bond acceptors (Lipinski definition) is 6. The van der Waals surface area contributed by atoms with Gasteiger partial charge >= 0.3 is 11.9 Å². The molecule has 0 saturated carbocycles. The summed E-state index contributed by atoms with van der Waals surface area (Å²) in [5.74, 6) is -1.21. The third-order valence-corrected chi connectivity index (χ3v) is 4.93. The van der Waals surface area contributed by atoms with Crippen molar-refractivity contribution in [3.8, 4) is 11.5 Å². The van der Waals surface area contributed by atoms with Crippen LogP contribution in [0.1, 0.15) is 52.0 Å². The van der Waals surface area contributed by atoms with Crippen LogP contribution >= 0.6 is 0 Å². The zero-order valence-electron chi connectivity index (χ0n) is 17.6. The van der Waals surface area contributed by atoms with Gasteiger partial charge in [-0.05, 0) is 73.4 Å². The standard InChI is InChI=1S/C26H26O6/c27-22-15-11-20(12-16-22)25(29)31-24(32-26(30)21-13-17-23(28)18-14-21)10-6-2-5-9-19-7-3-1-4-8-19/h1,3-4,7-8,11-18,24,27-28H,2,5-6,9-10H2. The normalized spacial score (nSPS) is 10.7. The maximum atomic E-state index is 12.5. The Hall–Kier alpha value is -3.80. The number of phenols is 2. The number of phenolic OH excluding ortho intramolecular Hbond substituents is 2. The third kappa shape index (κ3) is 7.16. The van der Waals surface area contributed by atoms with Crippen molar-refractivity contribution in [3.05, 3.63) is 95.6 Å². The Morgan fingerprint density at radius 3 is 1.66 bits per heavy atom. The van der Waals surface area contributed by atoms with E-state index in [1.54, 1.807) is 0 Å². The molecule has 0 bridgehead atoms. The zero-order chi connectivity index (χ0) is 22.8. The first-order valence-corrected chi connectivity index (χ1v) is 10.6. The molecule has 0 amide bonds. The highest BCUT2D eigenvalue weighted by Crippen LogP contribution is 2.18. The molecule has 0 atom stereocenters. The number of esters is 2. The number of unbranched alkanes of at least 4 members (excludes halogenated alkanes) is 2. The van der Waals surface area contributed by atoms with Gasteiger partial charge in [0.1, 0.15) is 11.5 Å². The van der Waals surface area contributed by atoms with Crippen LogP contribution in [0.15, 0.2) is 78.9 Å². The predicted molar refractivity (Wildman–Crippen MR) is 119 cm³/mol. The molecule has 0 saturated heterocycles. The fraction of sp³-hybridized carbons (Fsp3) is 0.231. The van der Waals surface area contributed by atoms with Crippen LogP contribution in [0.25, 0.3) is 0 Å².